The predicted octanol–water partition coefficient (Wildman–Crippen LogP) is 2.35. The minimum absolute atomic E-state index is 0.147. The van der Waals surface area contributed by atoms with E-state index in [2.05, 4.69) is 20.5 Å². The Balaban J connectivity index is 1.96. The molecule has 0 saturated heterocycles. The molecule has 0 saturated carbocycles. The van der Waals surface area contributed by atoms with Gasteiger partial charge in [0.05, 0.1) is 0 Å². The summed E-state index contributed by atoms with van der Waals surface area (Å²) >= 11 is 0. The number of hydrogen-bond acceptors (Lipinski definition) is 3. The Morgan fingerprint density at radius 2 is 2.11 bits per heavy atom. The predicted molar refractivity (Wildman–Crippen MR) is 68.2 cm³/mol. The van der Waals surface area contributed by atoms with E-state index >= 15 is 0 Å². The number of carbonyl (C=O) groups is 1. The first kappa shape index (κ1) is 11.3. The Morgan fingerprint density at radius 3 is 2.89 bits per heavy atom. The summed E-state index contributed by atoms with van der Waals surface area (Å²) < 4.78 is 13.5. The van der Waals surface area contributed by atoms with Crippen molar-refractivity contribution in [2.45, 2.75) is 0 Å². The fraction of sp³-hybridized carbons (Fsp3) is 0. The van der Waals surface area contributed by atoms with Gasteiger partial charge in [0, 0.05) is 11.6 Å². The molecule has 0 aliphatic carbocycles. The highest BCUT2D eigenvalue weighted by atomic mass is 19.1. The minimum Gasteiger partial charge on any atom is -0.305 e. The first-order chi connectivity index (χ1) is 9.25. The molecule has 1 amide bonds. The van der Waals surface area contributed by atoms with Crippen LogP contribution in [0.2, 0.25) is 0 Å². The quantitative estimate of drug-likeness (QED) is 0.739. The number of aromatic nitrogens is 3. The van der Waals surface area contributed by atoms with Crippen molar-refractivity contribution in [1.82, 2.24) is 15.2 Å². The van der Waals surface area contributed by atoms with Gasteiger partial charge < -0.3 is 5.32 Å². The molecule has 0 aliphatic rings. The van der Waals surface area contributed by atoms with Gasteiger partial charge in [0.25, 0.3) is 5.91 Å². The molecule has 0 aliphatic heterocycles. The van der Waals surface area contributed by atoms with Gasteiger partial charge in [0.1, 0.15) is 17.0 Å². The molecule has 6 heteroatoms. The van der Waals surface area contributed by atoms with Gasteiger partial charge in [-0.3, -0.25) is 9.89 Å². The maximum atomic E-state index is 13.5. The number of anilines is 1. The molecule has 3 aromatic rings. The topological polar surface area (TPSA) is 70.7 Å². The van der Waals surface area contributed by atoms with Crippen LogP contribution >= 0.6 is 0 Å². The van der Waals surface area contributed by atoms with E-state index in [1.54, 1.807) is 30.5 Å². The second-order valence-electron chi connectivity index (χ2n) is 3.90. The average Bonchev–Trinajstić information content (AvgIpc) is 2.85. The van der Waals surface area contributed by atoms with Gasteiger partial charge in [0.15, 0.2) is 5.82 Å². The number of aromatic amines is 1. The highest BCUT2D eigenvalue weighted by molar-refractivity contribution is 6.10. The first-order valence-electron chi connectivity index (χ1n) is 5.60. The molecule has 0 atom stereocenters. The Labute approximate surface area is 107 Å². The van der Waals surface area contributed by atoms with Crippen LogP contribution in [-0.2, 0) is 0 Å². The number of para-hydroxylation sites is 1. The van der Waals surface area contributed by atoms with Gasteiger partial charge in [-0.1, -0.05) is 18.2 Å². The van der Waals surface area contributed by atoms with Gasteiger partial charge in [0.2, 0.25) is 0 Å². The van der Waals surface area contributed by atoms with Crippen LogP contribution in [0.25, 0.3) is 10.9 Å². The molecule has 3 rings (SSSR count). The number of fused-ring (bicyclic) bond motifs is 1. The summed E-state index contributed by atoms with van der Waals surface area (Å²) in [6.45, 7) is 0. The van der Waals surface area contributed by atoms with Crippen molar-refractivity contribution in [2.24, 2.45) is 0 Å². The molecule has 94 valence electrons. The number of nitrogens with one attached hydrogen (secondary N) is 2. The molecule has 0 fully saturated rings. The zero-order valence-electron chi connectivity index (χ0n) is 9.72. The fourth-order valence-corrected chi connectivity index (χ4v) is 1.79. The fourth-order valence-electron chi connectivity index (χ4n) is 1.79. The van der Waals surface area contributed by atoms with Gasteiger partial charge in [-0.15, -0.1) is 0 Å². The van der Waals surface area contributed by atoms with Crippen LogP contribution in [0.4, 0.5) is 10.2 Å². The summed E-state index contributed by atoms with van der Waals surface area (Å²) in [5.74, 6) is -0.455. The van der Waals surface area contributed by atoms with Crippen molar-refractivity contribution in [1.29, 1.82) is 0 Å². The highest BCUT2D eigenvalue weighted by Crippen LogP contribution is 2.19. The van der Waals surface area contributed by atoms with Crippen molar-refractivity contribution < 1.29 is 9.18 Å². The van der Waals surface area contributed by atoms with Gasteiger partial charge >= 0.3 is 0 Å². The number of H-pyrrole nitrogens is 1. The first-order valence-corrected chi connectivity index (χ1v) is 5.60. The third-order valence-corrected chi connectivity index (χ3v) is 2.67. The van der Waals surface area contributed by atoms with Crippen molar-refractivity contribution in [3.8, 4) is 0 Å². The summed E-state index contributed by atoms with van der Waals surface area (Å²) in [5.41, 5.74) is 0.355. The molecule has 2 aromatic heterocycles. The largest absolute Gasteiger partial charge is 0.305 e. The number of rotatable bonds is 2. The summed E-state index contributed by atoms with van der Waals surface area (Å²) in [5, 5.41) is 9.39. The van der Waals surface area contributed by atoms with Gasteiger partial charge in [-0.05, 0) is 18.2 Å². The van der Waals surface area contributed by atoms with E-state index in [9.17, 15) is 9.18 Å². The third kappa shape index (κ3) is 2.03. The highest BCUT2D eigenvalue weighted by Gasteiger charge is 2.15. The summed E-state index contributed by atoms with van der Waals surface area (Å²) in [6.07, 6.45) is 1.57. The maximum absolute atomic E-state index is 13.5. The number of carbonyl (C=O) groups excluding carboxylic acids is 1. The Bertz CT molecular complexity index is 739. The number of nitrogens with zero attached hydrogens (tertiary/aromatic N) is 2. The molecule has 2 N–H and O–H groups in total. The van der Waals surface area contributed by atoms with Crippen molar-refractivity contribution >= 4 is 22.6 Å². The van der Waals surface area contributed by atoms with Crippen molar-refractivity contribution in [3.63, 3.8) is 0 Å². The second kappa shape index (κ2) is 4.49. The lowest BCUT2D eigenvalue weighted by atomic mass is 10.2. The lowest BCUT2D eigenvalue weighted by Crippen LogP contribution is -2.13. The molecule has 1 aromatic carbocycles. The van der Waals surface area contributed by atoms with E-state index in [4.69, 9.17) is 0 Å². The standard InChI is InChI=1S/C13H9FN4O/c14-9-5-3-4-8-11(9)17-18-12(8)13(19)16-10-6-1-2-7-15-10/h1-7H,(H,17,18)(H,15,16,19). The zero-order chi connectivity index (χ0) is 13.2. The molecule has 0 bridgehead atoms. The van der Waals surface area contributed by atoms with E-state index in [0.29, 0.717) is 11.2 Å². The Hall–Kier alpha value is -2.76. The van der Waals surface area contributed by atoms with E-state index < -0.39 is 11.7 Å². The average molecular weight is 256 g/mol. The summed E-state index contributed by atoms with van der Waals surface area (Å²) in [6, 6.07) is 9.63. The minimum atomic E-state index is -0.467. The van der Waals surface area contributed by atoms with E-state index in [-0.39, 0.29) is 11.2 Å². The smallest absolute Gasteiger partial charge is 0.275 e. The summed E-state index contributed by atoms with van der Waals surface area (Å²) in [4.78, 5) is 16.0. The van der Waals surface area contributed by atoms with E-state index in [1.165, 1.54) is 12.1 Å². The number of amides is 1. The van der Waals surface area contributed by atoms with Gasteiger partial charge in [-0.25, -0.2) is 9.37 Å². The monoisotopic (exact) mass is 256 g/mol. The molecule has 0 unspecified atom stereocenters. The van der Waals surface area contributed by atoms with Crippen LogP contribution in [0.5, 0.6) is 0 Å². The van der Waals surface area contributed by atoms with E-state index in [1.807, 2.05) is 0 Å². The number of pyridine rings is 1. The van der Waals surface area contributed by atoms with Crippen LogP contribution < -0.4 is 5.32 Å². The van der Waals surface area contributed by atoms with Gasteiger partial charge in [-0.2, -0.15) is 5.10 Å². The zero-order valence-corrected chi connectivity index (χ0v) is 9.72. The molecule has 2 heterocycles. The second-order valence-corrected chi connectivity index (χ2v) is 3.90. The molecular weight excluding hydrogens is 247 g/mol. The molecular formula is C13H9FN4O. The molecule has 5 nitrogen and oxygen atoms in total. The lowest BCUT2D eigenvalue weighted by Gasteiger charge is -2.02. The Kier molecular flexibility index (Phi) is 2.68. The van der Waals surface area contributed by atoms with Crippen LogP contribution in [0, 0.1) is 5.82 Å². The van der Waals surface area contributed by atoms with Crippen LogP contribution in [0.3, 0.4) is 0 Å². The number of hydrogen-bond donors (Lipinski definition) is 2. The van der Waals surface area contributed by atoms with Crippen LogP contribution in [0.15, 0.2) is 42.6 Å². The van der Waals surface area contributed by atoms with Crippen molar-refractivity contribution in [2.75, 3.05) is 5.32 Å². The number of benzene rings is 1. The van der Waals surface area contributed by atoms with Crippen LogP contribution in [0.1, 0.15) is 10.5 Å². The van der Waals surface area contributed by atoms with Crippen molar-refractivity contribution in [3.05, 3.63) is 54.1 Å². The maximum Gasteiger partial charge on any atom is 0.275 e. The normalized spacial score (nSPS) is 10.6. The molecule has 0 radical (unpaired) electrons. The van der Waals surface area contributed by atoms with E-state index in [0.717, 1.165) is 0 Å². The lowest BCUT2D eigenvalue weighted by molar-refractivity contribution is 0.102. The molecule has 0 spiro atoms. The summed E-state index contributed by atoms with van der Waals surface area (Å²) in [7, 11) is 0. The number of halogens is 1. The molecule has 19 heavy (non-hydrogen) atoms. The van der Waals surface area contributed by atoms with Crippen LogP contribution in [-0.4, -0.2) is 21.1 Å². The third-order valence-electron chi connectivity index (χ3n) is 2.67. The SMILES string of the molecule is O=C(Nc1ccccn1)c1[nH]nc2c(F)cccc12. The Morgan fingerprint density at radius 1 is 1.21 bits per heavy atom.